The van der Waals surface area contributed by atoms with Crippen LogP contribution in [0.2, 0.25) is 0 Å². The first kappa shape index (κ1) is 24.2. The first-order chi connectivity index (χ1) is 17.4. The van der Waals surface area contributed by atoms with E-state index in [0.29, 0.717) is 26.0 Å². The number of fused-ring (bicyclic) bond motifs is 1. The summed E-state index contributed by atoms with van der Waals surface area (Å²) in [4.78, 5) is 31.8. The highest BCUT2D eigenvalue weighted by Gasteiger charge is 2.50. The molecule has 1 aliphatic carbocycles. The lowest BCUT2D eigenvalue weighted by atomic mass is 9.89. The number of para-hydroxylation sites is 1. The number of amides is 2. The molecule has 1 aromatic heterocycles. The third kappa shape index (κ3) is 4.42. The molecule has 0 radical (unpaired) electrons. The molecule has 0 unspecified atom stereocenters. The molecule has 5 rings (SSSR count). The summed E-state index contributed by atoms with van der Waals surface area (Å²) < 4.78 is 6.01. The van der Waals surface area contributed by atoms with Crippen LogP contribution in [0.4, 0.5) is 0 Å². The Morgan fingerprint density at radius 1 is 1.22 bits per heavy atom. The van der Waals surface area contributed by atoms with Gasteiger partial charge in [-0.2, -0.15) is 0 Å². The van der Waals surface area contributed by atoms with E-state index in [1.165, 1.54) is 5.56 Å². The third-order valence-electron chi connectivity index (χ3n) is 7.66. The molecule has 4 N–H and O–H groups in total. The number of pyridine rings is 1. The van der Waals surface area contributed by atoms with Gasteiger partial charge in [0.05, 0.1) is 18.0 Å². The lowest BCUT2D eigenvalue weighted by molar-refractivity contribution is -0.139. The fourth-order valence-corrected chi connectivity index (χ4v) is 5.78. The molecular formula is C28H32N4O4. The van der Waals surface area contributed by atoms with Gasteiger partial charge in [0.15, 0.2) is 0 Å². The summed E-state index contributed by atoms with van der Waals surface area (Å²) in [5.41, 5.74) is 11.2. The number of hydrogen-bond acceptors (Lipinski definition) is 6. The second-order valence-corrected chi connectivity index (χ2v) is 9.86. The molecule has 36 heavy (non-hydrogen) atoms. The molecule has 3 atom stereocenters. The lowest BCUT2D eigenvalue weighted by Crippen LogP contribution is -2.50. The van der Waals surface area contributed by atoms with Gasteiger partial charge in [-0.3, -0.25) is 19.8 Å². The van der Waals surface area contributed by atoms with Crippen LogP contribution in [0, 0.1) is 12.8 Å². The summed E-state index contributed by atoms with van der Waals surface area (Å²) in [5.74, 6) is -0.288. The monoisotopic (exact) mass is 488 g/mol. The van der Waals surface area contributed by atoms with E-state index < -0.39 is 17.4 Å². The summed E-state index contributed by atoms with van der Waals surface area (Å²) in [7, 11) is 0. The van der Waals surface area contributed by atoms with Gasteiger partial charge in [-0.1, -0.05) is 36.8 Å². The Labute approximate surface area is 210 Å². The quantitative estimate of drug-likeness (QED) is 0.347. The number of rotatable bonds is 7. The average molecular weight is 489 g/mol. The maximum atomic E-state index is 13.4. The fourth-order valence-electron chi connectivity index (χ4n) is 5.78. The smallest absolute Gasteiger partial charge is 0.248 e. The van der Waals surface area contributed by atoms with Gasteiger partial charge in [-0.25, -0.2) is 5.48 Å². The number of aryl methyl sites for hydroxylation is 1. The molecule has 8 nitrogen and oxygen atoms in total. The second kappa shape index (κ2) is 9.87. The Morgan fingerprint density at radius 3 is 2.78 bits per heavy atom. The van der Waals surface area contributed by atoms with Gasteiger partial charge >= 0.3 is 0 Å². The van der Waals surface area contributed by atoms with Gasteiger partial charge < -0.3 is 15.4 Å². The van der Waals surface area contributed by atoms with Crippen molar-refractivity contribution in [2.24, 2.45) is 11.7 Å². The zero-order valence-corrected chi connectivity index (χ0v) is 20.4. The molecule has 2 heterocycles. The van der Waals surface area contributed by atoms with Crippen molar-refractivity contribution in [3.8, 4) is 5.75 Å². The Bertz CT molecular complexity index is 1280. The highest BCUT2D eigenvalue weighted by atomic mass is 16.5. The van der Waals surface area contributed by atoms with E-state index >= 15 is 0 Å². The molecule has 2 aromatic carbocycles. The predicted molar refractivity (Wildman–Crippen MR) is 135 cm³/mol. The zero-order valence-electron chi connectivity index (χ0n) is 20.4. The molecule has 8 heteroatoms. The summed E-state index contributed by atoms with van der Waals surface area (Å²) in [5, 5.41) is 10.2. The first-order valence-electron chi connectivity index (χ1n) is 12.5. The summed E-state index contributed by atoms with van der Waals surface area (Å²) in [6.45, 7) is 3.01. The minimum Gasteiger partial charge on any atom is -0.493 e. The number of ether oxygens (including phenoxy) is 1. The fraction of sp³-hybridized carbons (Fsp3) is 0.393. The molecule has 1 aliphatic heterocycles. The van der Waals surface area contributed by atoms with Crippen LogP contribution in [0.1, 0.15) is 42.5 Å². The van der Waals surface area contributed by atoms with Crippen molar-refractivity contribution in [3.05, 3.63) is 71.4 Å². The number of hydrogen-bond donors (Lipinski definition) is 3. The average Bonchev–Trinajstić information content (AvgIpc) is 3.49. The minimum absolute atomic E-state index is 0.168. The Balaban J connectivity index is 1.24. The van der Waals surface area contributed by atoms with Crippen LogP contribution in [0.25, 0.3) is 10.9 Å². The highest BCUT2D eigenvalue weighted by molar-refractivity contribution is 5.91. The molecule has 188 valence electrons. The van der Waals surface area contributed by atoms with Gasteiger partial charge in [0.25, 0.3) is 0 Å². The number of carbonyl (C=O) groups is 2. The van der Waals surface area contributed by atoms with Crippen LogP contribution < -0.4 is 16.0 Å². The molecule has 2 amide bonds. The van der Waals surface area contributed by atoms with E-state index in [1.54, 1.807) is 10.4 Å². The molecule has 1 saturated heterocycles. The number of nitrogens with one attached hydrogen (secondary N) is 1. The van der Waals surface area contributed by atoms with E-state index in [0.717, 1.165) is 47.2 Å². The number of carbonyl (C=O) groups excluding carboxylic acids is 2. The number of nitrogens with two attached hydrogens (primary N) is 1. The van der Waals surface area contributed by atoms with Crippen LogP contribution in [0.3, 0.4) is 0 Å². The molecule has 2 aliphatic rings. The molecule has 0 bridgehead atoms. The number of aromatic nitrogens is 1. The van der Waals surface area contributed by atoms with Gasteiger partial charge in [-0.15, -0.1) is 0 Å². The SMILES string of the molecule is Cc1cc(CCOc2ccc([C@@]3(N)CCN([C@@H]4CCC[C@H]4C(=O)NO)C3=O)cc2)c2ccccc2n1. The van der Waals surface area contributed by atoms with Crippen molar-refractivity contribution in [2.75, 3.05) is 13.2 Å². The second-order valence-electron chi connectivity index (χ2n) is 9.86. The highest BCUT2D eigenvalue weighted by Crippen LogP contribution is 2.38. The van der Waals surface area contributed by atoms with E-state index in [2.05, 4.69) is 17.1 Å². The van der Waals surface area contributed by atoms with Crippen molar-refractivity contribution in [3.63, 3.8) is 0 Å². The van der Waals surface area contributed by atoms with Crippen LogP contribution in [-0.4, -0.2) is 46.1 Å². The number of likely N-dealkylation sites (tertiary alicyclic amines) is 1. The maximum Gasteiger partial charge on any atom is 0.248 e. The summed E-state index contributed by atoms with van der Waals surface area (Å²) in [6, 6.07) is 17.4. The van der Waals surface area contributed by atoms with E-state index in [4.69, 9.17) is 15.7 Å². The third-order valence-corrected chi connectivity index (χ3v) is 7.66. The molecular weight excluding hydrogens is 456 g/mol. The Hall–Kier alpha value is -3.49. The van der Waals surface area contributed by atoms with Crippen molar-refractivity contribution in [1.82, 2.24) is 15.4 Å². The van der Waals surface area contributed by atoms with Crippen molar-refractivity contribution in [2.45, 2.75) is 50.6 Å². The molecule has 0 spiro atoms. The summed E-state index contributed by atoms with van der Waals surface area (Å²) in [6.07, 6.45) is 3.46. The summed E-state index contributed by atoms with van der Waals surface area (Å²) >= 11 is 0. The van der Waals surface area contributed by atoms with Crippen LogP contribution >= 0.6 is 0 Å². The van der Waals surface area contributed by atoms with E-state index in [1.807, 2.05) is 49.4 Å². The minimum atomic E-state index is -1.13. The van der Waals surface area contributed by atoms with Crippen molar-refractivity contribution in [1.29, 1.82) is 0 Å². The number of benzene rings is 2. The number of hydroxylamine groups is 1. The Kier molecular flexibility index (Phi) is 6.64. The Morgan fingerprint density at radius 2 is 2.00 bits per heavy atom. The number of nitrogens with zero attached hydrogens (tertiary/aromatic N) is 2. The van der Waals surface area contributed by atoms with E-state index in [9.17, 15) is 9.59 Å². The topological polar surface area (TPSA) is 118 Å². The predicted octanol–water partition coefficient (Wildman–Crippen LogP) is 3.23. The van der Waals surface area contributed by atoms with Gasteiger partial charge in [-0.05, 0) is 61.6 Å². The van der Waals surface area contributed by atoms with Gasteiger partial charge in [0.2, 0.25) is 11.8 Å². The van der Waals surface area contributed by atoms with Gasteiger partial charge in [0, 0.05) is 30.1 Å². The van der Waals surface area contributed by atoms with Crippen LogP contribution in [0.15, 0.2) is 54.6 Å². The standard InChI is InChI=1S/C28H32N4O4/c1-18-17-19(22-5-2-3-7-24(22)30-18)13-16-36-21-11-9-20(10-12-21)28(29)14-15-32(27(28)34)25-8-4-6-23(25)26(33)31-35/h2-3,5,7,9-12,17,23,25,35H,4,6,8,13-16,29H2,1H3,(H,31,33)/t23-,25-,28+/m1/s1. The van der Waals surface area contributed by atoms with Crippen molar-refractivity contribution < 1.29 is 19.5 Å². The molecule has 2 fully saturated rings. The van der Waals surface area contributed by atoms with Crippen molar-refractivity contribution >= 4 is 22.7 Å². The lowest BCUT2D eigenvalue weighted by Gasteiger charge is -2.30. The normalized spacial score (nSPS) is 23.9. The molecule has 1 saturated carbocycles. The zero-order chi connectivity index (χ0) is 25.3. The first-order valence-corrected chi connectivity index (χ1v) is 12.5. The van der Waals surface area contributed by atoms with Gasteiger partial charge in [0.1, 0.15) is 11.3 Å². The largest absolute Gasteiger partial charge is 0.493 e. The molecule has 3 aromatic rings. The van der Waals surface area contributed by atoms with E-state index in [-0.39, 0.29) is 11.9 Å². The van der Waals surface area contributed by atoms with Crippen LogP contribution in [0.5, 0.6) is 5.75 Å². The maximum absolute atomic E-state index is 13.4. The van der Waals surface area contributed by atoms with Crippen LogP contribution in [-0.2, 0) is 21.5 Å².